The molecule has 0 amide bonds. The highest BCUT2D eigenvalue weighted by Crippen LogP contribution is 2.43. The van der Waals surface area contributed by atoms with E-state index in [0.29, 0.717) is 17.5 Å². The minimum atomic E-state index is 0.592. The molecule has 0 unspecified atom stereocenters. The number of rotatable bonds is 6. The van der Waals surface area contributed by atoms with Crippen molar-refractivity contribution >= 4 is 54.5 Å². The van der Waals surface area contributed by atoms with Crippen LogP contribution in [0.3, 0.4) is 0 Å². The Morgan fingerprint density at radius 2 is 0.917 bits per heavy atom. The van der Waals surface area contributed by atoms with Gasteiger partial charge in [0.15, 0.2) is 17.5 Å². The van der Waals surface area contributed by atoms with Crippen LogP contribution in [0, 0.1) is 0 Å². The number of para-hydroxylation sites is 2. The molecule has 9 aromatic carbocycles. The molecule has 0 fully saturated rings. The molecular formula is C55H34N4O. The van der Waals surface area contributed by atoms with E-state index in [1.54, 1.807) is 0 Å². The van der Waals surface area contributed by atoms with Gasteiger partial charge in [-0.2, -0.15) is 0 Å². The SMILES string of the molecule is c1ccc(-c2cccc(-c3nc(-c4ccccc4)nc(-c4ccc(-n5c6ccccc6c6cc7ccccc7cc65)c(-c5cccc6oc7ccccc7c56)c4)n3)c2)cc1. The van der Waals surface area contributed by atoms with E-state index in [2.05, 4.69) is 174 Å². The van der Waals surface area contributed by atoms with E-state index >= 15 is 0 Å². The predicted molar refractivity (Wildman–Crippen MR) is 246 cm³/mol. The first-order valence-corrected chi connectivity index (χ1v) is 20.2. The molecule has 60 heavy (non-hydrogen) atoms. The standard InChI is InChI=1S/C55H34N4O/c1-3-15-35(16-4-1)37-21-13-22-40(31-37)54-56-53(36-17-5-2-6-18-36)57-55(58-54)41-29-30-48(46(33-41)43-25-14-28-51-52(43)44-24-10-12-27-50(44)60-51)59-47-26-11-9-23-42(47)45-32-38-19-7-8-20-39(38)34-49(45)59/h1-34H. The average Bonchev–Trinajstić information content (AvgIpc) is 3.86. The quantitative estimate of drug-likeness (QED) is 0.169. The lowest BCUT2D eigenvalue weighted by atomic mass is 9.95. The molecule has 0 saturated heterocycles. The van der Waals surface area contributed by atoms with E-state index in [4.69, 9.17) is 19.4 Å². The van der Waals surface area contributed by atoms with Crippen molar-refractivity contribution in [2.75, 3.05) is 0 Å². The van der Waals surface area contributed by atoms with Gasteiger partial charge in [-0.1, -0.05) is 152 Å². The van der Waals surface area contributed by atoms with Gasteiger partial charge in [-0.05, 0) is 82.1 Å². The summed E-state index contributed by atoms with van der Waals surface area (Å²) >= 11 is 0. The summed E-state index contributed by atoms with van der Waals surface area (Å²) in [5.41, 5.74) is 12.1. The summed E-state index contributed by atoms with van der Waals surface area (Å²) in [6, 6.07) is 72.2. The fraction of sp³-hybridized carbons (Fsp3) is 0. The first-order valence-electron chi connectivity index (χ1n) is 20.2. The molecule has 3 heterocycles. The number of fused-ring (bicyclic) bond motifs is 7. The third kappa shape index (κ3) is 5.59. The van der Waals surface area contributed by atoms with Crippen molar-refractivity contribution in [1.82, 2.24) is 19.5 Å². The first-order chi connectivity index (χ1) is 29.7. The average molecular weight is 767 g/mol. The molecule has 0 saturated carbocycles. The van der Waals surface area contributed by atoms with Gasteiger partial charge < -0.3 is 8.98 Å². The number of benzene rings is 9. The molecule has 0 aliphatic heterocycles. The Labute approximate surface area is 345 Å². The summed E-state index contributed by atoms with van der Waals surface area (Å²) in [6.45, 7) is 0. The summed E-state index contributed by atoms with van der Waals surface area (Å²) in [5, 5.41) is 6.95. The van der Waals surface area contributed by atoms with Crippen LogP contribution in [-0.4, -0.2) is 19.5 Å². The highest BCUT2D eigenvalue weighted by molar-refractivity contribution is 6.16. The zero-order valence-electron chi connectivity index (χ0n) is 32.3. The van der Waals surface area contributed by atoms with Gasteiger partial charge >= 0.3 is 0 Å². The number of nitrogens with zero attached hydrogens (tertiary/aromatic N) is 4. The Hall–Kier alpha value is -8.15. The smallest absolute Gasteiger partial charge is 0.164 e. The van der Waals surface area contributed by atoms with E-state index in [-0.39, 0.29) is 0 Å². The van der Waals surface area contributed by atoms with Gasteiger partial charge in [-0.15, -0.1) is 0 Å². The van der Waals surface area contributed by atoms with Crippen molar-refractivity contribution in [3.63, 3.8) is 0 Å². The molecule has 5 heteroatoms. The molecule has 280 valence electrons. The lowest BCUT2D eigenvalue weighted by Crippen LogP contribution is -2.02. The lowest BCUT2D eigenvalue weighted by Gasteiger charge is -2.17. The maximum Gasteiger partial charge on any atom is 0.164 e. The number of hydrogen-bond acceptors (Lipinski definition) is 4. The number of aromatic nitrogens is 4. The van der Waals surface area contributed by atoms with E-state index < -0.39 is 0 Å². The zero-order chi connectivity index (χ0) is 39.6. The number of furan rings is 1. The maximum atomic E-state index is 6.48. The largest absolute Gasteiger partial charge is 0.456 e. The summed E-state index contributed by atoms with van der Waals surface area (Å²) < 4.78 is 8.90. The molecule has 5 nitrogen and oxygen atoms in total. The Morgan fingerprint density at radius 1 is 0.333 bits per heavy atom. The van der Waals surface area contributed by atoms with Crippen LogP contribution < -0.4 is 0 Å². The van der Waals surface area contributed by atoms with Crippen molar-refractivity contribution in [2.24, 2.45) is 0 Å². The van der Waals surface area contributed by atoms with Crippen molar-refractivity contribution < 1.29 is 4.42 Å². The lowest BCUT2D eigenvalue weighted by molar-refractivity contribution is 0.669. The maximum absolute atomic E-state index is 6.48. The molecule has 0 N–H and O–H groups in total. The van der Waals surface area contributed by atoms with Crippen LogP contribution >= 0.6 is 0 Å². The fourth-order valence-electron chi connectivity index (χ4n) is 8.82. The summed E-state index contributed by atoms with van der Waals surface area (Å²) in [6.07, 6.45) is 0. The van der Waals surface area contributed by atoms with Gasteiger partial charge in [0, 0.05) is 43.8 Å². The van der Waals surface area contributed by atoms with Gasteiger partial charge in [0.25, 0.3) is 0 Å². The zero-order valence-corrected chi connectivity index (χ0v) is 32.3. The Bertz CT molecular complexity index is 3610. The molecule has 12 aromatic rings. The van der Waals surface area contributed by atoms with Crippen LogP contribution in [0.15, 0.2) is 211 Å². The van der Waals surface area contributed by atoms with E-state index in [0.717, 1.165) is 77.6 Å². The predicted octanol–water partition coefficient (Wildman–Crippen LogP) is 14.4. The number of hydrogen-bond donors (Lipinski definition) is 0. The van der Waals surface area contributed by atoms with Gasteiger partial charge in [0.1, 0.15) is 11.2 Å². The van der Waals surface area contributed by atoms with Crippen LogP contribution in [0.4, 0.5) is 0 Å². The van der Waals surface area contributed by atoms with Crippen molar-refractivity contribution in [2.45, 2.75) is 0 Å². The summed E-state index contributed by atoms with van der Waals surface area (Å²) in [4.78, 5) is 15.5. The Morgan fingerprint density at radius 3 is 1.72 bits per heavy atom. The van der Waals surface area contributed by atoms with Gasteiger partial charge in [0.05, 0.1) is 16.7 Å². The van der Waals surface area contributed by atoms with Crippen LogP contribution in [0.2, 0.25) is 0 Å². The third-order valence-corrected chi connectivity index (χ3v) is 11.6. The third-order valence-electron chi connectivity index (χ3n) is 11.6. The first kappa shape index (κ1) is 33.9. The second-order valence-electron chi connectivity index (χ2n) is 15.2. The molecule has 3 aromatic heterocycles. The van der Waals surface area contributed by atoms with Gasteiger partial charge in [0.2, 0.25) is 0 Å². The monoisotopic (exact) mass is 766 g/mol. The van der Waals surface area contributed by atoms with Crippen LogP contribution in [-0.2, 0) is 0 Å². The van der Waals surface area contributed by atoms with Crippen LogP contribution in [0.5, 0.6) is 0 Å². The second kappa shape index (κ2) is 13.8. The Balaban J connectivity index is 1.14. The highest BCUT2D eigenvalue weighted by Gasteiger charge is 2.22. The molecule has 0 aliphatic carbocycles. The molecule has 0 spiro atoms. The molecule has 0 bridgehead atoms. The molecule has 0 atom stereocenters. The topological polar surface area (TPSA) is 56.7 Å². The Kier molecular flexibility index (Phi) is 7.78. The van der Waals surface area contributed by atoms with Crippen LogP contribution in [0.1, 0.15) is 0 Å². The summed E-state index contributed by atoms with van der Waals surface area (Å²) in [5.74, 6) is 1.82. The normalized spacial score (nSPS) is 11.7. The van der Waals surface area contributed by atoms with Gasteiger partial charge in [-0.3, -0.25) is 0 Å². The van der Waals surface area contributed by atoms with E-state index in [1.165, 1.54) is 21.5 Å². The molecule has 0 aliphatic rings. The van der Waals surface area contributed by atoms with E-state index in [1.807, 2.05) is 36.4 Å². The minimum Gasteiger partial charge on any atom is -0.456 e. The van der Waals surface area contributed by atoms with Crippen molar-refractivity contribution in [1.29, 1.82) is 0 Å². The summed E-state index contributed by atoms with van der Waals surface area (Å²) in [7, 11) is 0. The minimum absolute atomic E-state index is 0.592. The van der Waals surface area contributed by atoms with Crippen molar-refractivity contribution in [3.05, 3.63) is 206 Å². The van der Waals surface area contributed by atoms with Crippen LogP contribution in [0.25, 0.3) is 117 Å². The second-order valence-corrected chi connectivity index (χ2v) is 15.2. The fourth-order valence-corrected chi connectivity index (χ4v) is 8.82. The molecule has 0 radical (unpaired) electrons. The van der Waals surface area contributed by atoms with E-state index in [9.17, 15) is 0 Å². The molecule has 12 rings (SSSR count). The molecular weight excluding hydrogens is 733 g/mol. The van der Waals surface area contributed by atoms with Crippen molar-refractivity contribution in [3.8, 4) is 62.1 Å². The van der Waals surface area contributed by atoms with Gasteiger partial charge in [-0.25, -0.2) is 15.0 Å². The highest BCUT2D eigenvalue weighted by atomic mass is 16.3.